The number of carbonyl (C=O) groups is 2. The van der Waals surface area contributed by atoms with E-state index in [1.165, 1.54) is 5.57 Å². The van der Waals surface area contributed by atoms with Gasteiger partial charge in [-0.25, -0.2) is 0 Å². The molecule has 0 radical (unpaired) electrons. The molecule has 1 spiro atoms. The lowest BCUT2D eigenvalue weighted by atomic mass is 9.61. The third-order valence-corrected chi connectivity index (χ3v) is 9.29. The Hall–Kier alpha value is -3.58. The molecule has 2 aromatic rings. The van der Waals surface area contributed by atoms with Crippen molar-refractivity contribution in [1.82, 2.24) is 0 Å². The smallest absolute Gasteiger partial charge is 0.217 e. The van der Waals surface area contributed by atoms with Crippen LogP contribution in [0.3, 0.4) is 0 Å². The van der Waals surface area contributed by atoms with Gasteiger partial charge >= 0.3 is 0 Å². The van der Waals surface area contributed by atoms with Gasteiger partial charge in [0.2, 0.25) is 5.78 Å². The molecule has 0 saturated carbocycles. The molecule has 1 aliphatic carbocycles. The highest BCUT2D eigenvalue weighted by atomic mass is 16.6. The van der Waals surface area contributed by atoms with Crippen LogP contribution in [0.15, 0.2) is 59.3 Å². The molecule has 7 heteroatoms. The lowest BCUT2D eigenvalue weighted by molar-refractivity contribution is -0.934. The minimum absolute atomic E-state index is 0.0401. The second-order valence-electron chi connectivity index (χ2n) is 10.7. The summed E-state index contributed by atoms with van der Waals surface area (Å²) in [6.07, 6.45) is 4.79. The number of allylic oxidation sites excluding steroid dienone is 2. The van der Waals surface area contributed by atoms with Gasteiger partial charge in [-0.1, -0.05) is 18.2 Å². The number of quaternary nitrogens is 1. The third-order valence-electron chi connectivity index (χ3n) is 9.29. The summed E-state index contributed by atoms with van der Waals surface area (Å²) in [5.74, 6) is 1.64. The Balaban J connectivity index is 1.34. The number of benzene rings is 2. The molecular formula is C29H29N2O5+. The number of rotatable bonds is 4. The molecule has 0 aromatic heterocycles. The first-order valence-electron chi connectivity index (χ1n) is 12.7. The largest absolute Gasteiger partial charge is 0.506 e. The van der Waals surface area contributed by atoms with E-state index in [1.54, 1.807) is 6.07 Å². The maximum Gasteiger partial charge on any atom is 0.217 e. The van der Waals surface area contributed by atoms with Crippen molar-refractivity contribution in [2.45, 2.75) is 31.2 Å². The quantitative estimate of drug-likeness (QED) is 0.226. The summed E-state index contributed by atoms with van der Waals surface area (Å²) in [5.41, 5.74) is 4.95. The van der Waals surface area contributed by atoms with E-state index in [1.807, 2.05) is 31.2 Å². The number of aromatic hydroxyl groups is 1. The average Bonchev–Trinajstić information content (AvgIpc) is 3.43. The van der Waals surface area contributed by atoms with Gasteiger partial charge in [-0.3, -0.25) is 9.59 Å². The van der Waals surface area contributed by atoms with Crippen LogP contribution in [0.4, 0.5) is 5.69 Å². The second-order valence-corrected chi connectivity index (χ2v) is 10.7. The van der Waals surface area contributed by atoms with E-state index in [-0.39, 0.29) is 23.5 Å². The number of hydrogen-bond donors (Lipinski definition) is 2. The lowest BCUT2D eigenvalue weighted by Gasteiger charge is -2.53. The number of anilines is 1. The van der Waals surface area contributed by atoms with Crippen molar-refractivity contribution in [3.8, 4) is 17.2 Å². The number of nitrogens with one attached hydrogen (secondary N) is 1. The molecule has 36 heavy (non-hydrogen) atoms. The van der Waals surface area contributed by atoms with Gasteiger partial charge in [0, 0.05) is 35.6 Å². The van der Waals surface area contributed by atoms with Crippen LogP contribution in [0, 0.1) is 5.92 Å². The number of piperidine rings is 1. The van der Waals surface area contributed by atoms with Crippen molar-refractivity contribution < 1.29 is 28.7 Å². The van der Waals surface area contributed by atoms with Crippen molar-refractivity contribution >= 4 is 17.8 Å². The number of ether oxygens (including phenoxy) is 2. The molecule has 2 bridgehead atoms. The topological polar surface area (TPSA) is 84.9 Å². The second kappa shape index (κ2) is 7.46. The Labute approximate surface area is 209 Å². The fourth-order valence-electron chi connectivity index (χ4n) is 7.78. The summed E-state index contributed by atoms with van der Waals surface area (Å²) in [6, 6.07) is 11.3. The van der Waals surface area contributed by atoms with E-state index < -0.39 is 5.41 Å². The Bertz CT molecular complexity index is 1390. The van der Waals surface area contributed by atoms with Gasteiger partial charge in [0.1, 0.15) is 44.4 Å². The van der Waals surface area contributed by atoms with E-state index in [0.717, 1.165) is 49.1 Å². The number of ketones is 1. The molecule has 184 valence electrons. The zero-order chi connectivity index (χ0) is 24.7. The van der Waals surface area contributed by atoms with Crippen molar-refractivity contribution in [2.24, 2.45) is 5.92 Å². The minimum Gasteiger partial charge on any atom is -0.506 e. The van der Waals surface area contributed by atoms with Crippen LogP contribution in [0.1, 0.15) is 35.7 Å². The zero-order valence-electron chi connectivity index (χ0n) is 20.3. The van der Waals surface area contributed by atoms with Crippen LogP contribution < -0.4 is 14.8 Å². The molecule has 2 aromatic carbocycles. The molecule has 2 fully saturated rings. The van der Waals surface area contributed by atoms with Crippen molar-refractivity contribution in [2.75, 3.05) is 38.2 Å². The molecule has 2 saturated heterocycles. The SMILES string of the molecule is C/C=C1/C[N+]2(CC(=O)c3ccc4c(c3)OCCO4)CC[C@]34C(=C(C=O)[C@H]1C[C@H]32)Nc1c(O)cccc14. The number of aldehydes is 1. The van der Waals surface area contributed by atoms with Gasteiger partial charge in [-0.15, -0.1) is 0 Å². The Kier molecular flexibility index (Phi) is 4.49. The van der Waals surface area contributed by atoms with E-state index in [2.05, 4.69) is 17.5 Å². The molecular weight excluding hydrogens is 456 g/mol. The monoisotopic (exact) mass is 485 g/mol. The van der Waals surface area contributed by atoms with Crippen molar-refractivity contribution in [3.05, 3.63) is 70.4 Å². The first kappa shape index (κ1) is 21.7. The van der Waals surface area contributed by atoms with Crippen LogP contribution in [-0.4, -0.2) is 60.5 Å². The summed E-state index contributed by atoms with van der Waals surface area (Å²) < 4.78 is 12.0. The fraction of sp³-hybridized carbons (Fsp3) is 0.379. The normalized spacial score (nSPS) is 32.1. The Morgan fingerprint density at radius 2 is 2.06 bits per heavy atom. The number of hydrogen-bond acceptors (Lipinski definition) is 6. The van der Waals surface area contributed by atoms with Crippen molar-refractivity contribution in [3.63, 3.8) is 0 Å². The average molecular weight is 486 g/mol. The number of carbonyl (C=O) groups excluding carboxylic acids is 2. The van der Waals surface area contributed by atoms with E-state index in [4.69, 9.17) is 9.47 Å². The van der Waals surface area contributed by atoms with E-state index in [9.17, 15) is 14.7 Å². The summed E-state index contributed by atoms with van der Waals surface area (Å²) in [6.45, 7) is 4.99. The molecule has 4 aliphatic heterocycles. The number of phenols is 1. The Morgan fingerprint density at radius 1 is 1.22 bits per heavy atom. The summed E-state index contributed by atoms with van der Waals surface area (Å²) in [7, 11) is 0. The lowest BCUT2D eigenvalue weighted by Crippen LogP contribution is -2.64. The van der Waals surface area contributed by atoms with Crippen LogP contribution in [0.5, 0.6) is 17.2 Å². The molecule has 1 unspecified atom stereocenters. The summed E-state index contributed by atoms with van der Waals surface area (Å²) >= 11 is 0. The van der Waals surface area contributed by atoms with Gasteiger partial charge in [0.25, 0.3) is 0 Å². The highest BCUT2D eigenvalue weighted by Gasteiger charge is 2.69. The number of para-hydroxylation sites is 1. The van der Waals surface area contributed by atoms with Gasteiger partial charge in [0.05, 0.1) is 17.6 Å². The first-order valence-corrected chi connectivity index (χ1v) is 12.7. The zero-order valence-corrected chi connectivity index (χ0v) is 20.3. The predicted molar refractivity (Wildman–Crippen MR) is 133 cm³/mol. The van der Waals surface area contributed by atoms with Crippen LogP contribution >= 0.6 is 0 Å². The number of nitrogens with zero attached hydrogens (tertiary/aromatic N) is 1. The van der Waals surface area contributed by atoms with Crippen LogP contribution in [-0.2, 0) is 10.2 Å². The molecule has 0 amide bonds. The first-order chi connectivity index (χ1) is 17.5. The molecule has 7 rings (SSSR count). The highest BCUT2D eigenvalue weighted by molar-refractivity contribution is 5.98. The maximum atomic E-state index is 13.8. The molecule has 2 N–H and O–H groups in total. The Morgan fingerprint density at radius 3 is 2.86 bits per heavy atom. The number of Topliss-reactive ketones (excluding diaryl/α,β-unsaturated/α-hetero) is 1. The highest BCUT2D eigenvalue weighted by Crippen LogP contribution is 2.64. The van der Waals surface area contributed by atoms with Gasteiger partial charge in [-0.2, -0.15) is 0 Å². The van der Waals surface area contributed by atoms with Crippen molar-refractivity contribution in [1.29, 1.82) is 0 Å². The molecule has 4 atom stereocenters. The number of phenolic OH excluding ortho intramolecular Hbond substituents is 1. The number of fused-ring (bicyclic) bond motifs is 3. The molecule has 5 aliphatic rings. The summed E-state index contributed by atoms with van der Waals surface area (Å²) in [5, 5.41) is 14.2. The predicted octanol–water partition coefficient (Wildman–Crippen LogP) is 3.73. The molecule has 7 nitrogen and oxygen atoms in total. The van der Waals surface area contributed by atoms with Crippen LogP contribution in [0.25, 0.3) is 0 Å². The fourth-order valence-corrected chi connectivity index (χ4v) is 7.78. The van der Waals surface area contributed by atoms with E-state index >= 15 is 0 Å². The van der Waals surface area contributed by atoms with Gasteiger partial charge in [-0.05, 0) is 42.3 Å². The van der Waals surface area contributed by atoms with E-state index in [0.29, 0.717) is 47.0 Å². The third kappa shape index (κ3) is 2.66. The van der Waals surface area contributed by atoms with Crippen LogP contribution in [0.2, 0.25) is 0 Å². The standard InChI is InChI=1S/C29H28N2O5/c1-2-17-14-31(15-23(34)18-6-7-24-25(12-18)36-11-10-35-24)9-8-29-21-4-3-5-22(33)27(21)30-28(29)20(16-32)19(17)13-26(29)31/h2-7,12,16,19,26H,8-11,13-15H2,1H3,(H-,30,32,33)/p+1/b17-2-/t19-,26+,29+,31?/m0/s1. The van der Waals surface area contributed by atoms with Gasteiger partial charge < -0.3 is 24.4 Å². The molecule has 4 heterocycles. The minimum atomic E-state index is -0.396. The summed E-state index contributed by atoms with van der Waals surface area (Å²) in [4.78, 5) is 26.3. The maximum absolute atomic E-state index is 13.8. The van der Waals surface area contributed by atoms with Gasteiger partial charge in [0.15, 0.2) is 11.5 Å².